The molecule has 1 atom stereocenters. The van der Waals surface area contributed by atoms with E-state index in [1.165, 1.54) is 5.01 Å². The second kappa shape index (κ2) is 7.08. The van der Waals surface area contributed by atoms with Gasteiger partial charge in [0, 0.05) is 6.21 Å². The third kappa shape index (κ3) is 3.35. The van der Waals surface area contributed by atoms with Crippen LogP contribution in [0.3, 0.4) is 0 Å². The van der Waals surface area contributed by atoms with E-state index in [-0.39, 0.29) is 5.91 Å². The normalized spacial score (nSPS) is 17.4. The van der Waals surface area contributed by atoms with Crippen molar-refractivity contribution in [2.24, 2.45) is 16.0 Å². The van der Waals surface area contributed by atoms with E-state index < -0.39 is 5.92 Å². The van der Waals surface area contributed by atoms with Crippen LogP contribution in [0, 0.1) is 5.92 Å². The van der Waals surface area contributed by atoms with Crippen molar-refractivity contribution in [2.75, 3.05) is 11.6 Å². The molecule has 0 bridgehead atoms. The molecule has 0 aliphatic carbocycles. The predicted molar refractivity (Wildman–Crippen MR) is 96.3 cm³/mol. The molecule has 0 saturated heterocycles. The number of hydrazone groups is 1. The fourth-order valence-electron chi connectivity index (χ4n) is 2.46. The summed E-state index contributed by atoms with van der Waals surface area (Å²) in [5.74, 6) is 0.284. The van der Waals surface area contributed by atoms with Gasteiger partial charge in [0.25, 0.3) is 5.91 Å². The molecule has 0 unspecified atom stereocenters. The van der Waals surface area contributed by atoms with Gasteiger partial charge in [-0.3, -0.25) is 9.79 Å². The third-order valence-corrected chi connectivity index (χ3v) is 3.70. The maximum atomic E-state index is 12.6. The van der Waals surface area contributed by atoms with Crippen LogP contribution >= 0.6 is 0 Å². The van der Waals surface area contributed by atoms with Crippen LogP contribution in [0.1, 0.15) is 13.8 Å². The summed E-state index contributed by atoms with van der Waals surface area (Å²) in [5.41, 5.74) is 2.27. The van der Waals surface area contributed by atoms with Gasteiger partial charge in [-0.15, -0.1) is 0 Å². The number of rotatable bonds is 5. The molecule has 2 aromatic carbocycles. The average Bonchev–Trinajstić information content (AvgIpc) is 2.90. The van der Waals surface area contributed by atoms with Crippen LogP contribution in [0.2, 0.25) is 0 Å². The van der Waals surface area contributed by atoms with Gasteiger partial charge in [-0.25, -0.2) is 0 Å². The first-order chi connectivity index (χ1) is 11.7. The number of nitrogens with zero attached hydrogens (tertiary/aromatic N) is 3. The Hall–Kier alpha value is -2.95. The van der Waals surface area contributed by atoms with Crippen molar-refractivity contribution in [1.82, 2.24) is 0 Å². The maximum absolute atomic E-state index is 12.6. The van der Waals surface area contributed by atoms with Gasteiger partial charge in [0.1, 0.15) is 11.7 Å². The van der Waals surface area contributed by atoms with Gasteiger partial charge in [0.2, 0.25) is 0 Å². The number of hydrogen-bond acceptors (Lipinski definition) is 4. The van der Waals surface area contributed by atoms with Crippen LogP contribution in [0.25, 0.3) is 0 Å². The van der Waals surface area contributed by atoms with E-state index >= 15 is 0 Å². The van der Waals surface area contributed by atoms with Gasteiger partial charge in [0.05, 0.1) is 23.7 Å². The zero-order valence-corrected chi connectivity index (χ0v) is 13.7. The minimum absolute atomic E-state index is 0.0895. The standard InChI is InChI=1S/C19H19N3O2/c1-3-24-17-11-9-15(10-12-17)20-13-18-14(2)21-22(19(18)23)16-7-5-4-6-8-16/h4-13,18H,3H2,1-2H3/t18-/m1/s1. The molecule has 0 spiro atoms. The summed E-state index contributed by atoms with van der Waals surface area (Å²) >= 11 is 0. The summed E-state index contributed by atoms with van der Waals surface area (Å²) in [5, 5.41) is 5.80. The fourth-order valence-corrected chi connectivity index (χ4v) is 2.46. The highest BCUT2D eigenvalue weighted by atomic mass is 16.5. The molecule has 1 aliphatic heterocycles. The minimum Gasteiger partial charge on any atom is -0.494 e. The van der Waals surface area contributed by atoms with Gasteiger partial charge in [-0.2, -0.15) is 10.1 Å². The molecule has 0 aromatic heterocycles. The van der Waals surface area contributed by atoms with Gasteiger partial charge in [-0.05, 0) is 50.2 Å². The second-order valence-corrected chi connectivity index (χ2v) is 5.41. The van der Waals surface area contributed by atoms with E-state index in [1.54, 1.807) is 6.21 Å². The van der Waals surface area contributed by atoms with Crippen LogP contribution in [0.15, 0.2) is 64.7 Å². The first kappa shape index (κ1) is 15.9. The number of amides is 1. The summed E-state index contributed by atoms with van der Waals surface area (Å²) in [6.07, 6.45) is 1.65. The molecule has 2 aromatic rings. The average molecular weight is 321 g/mol. The van der Waals surface area contributed by atoms with Crippen LogP contribution in [-0.4, -0.2) is 24.4 Å². The number of carbonyl (C=O) groups is 1. The van der Waals surface area contributed by atoms with Crippen LogP contribution in [-0.2, 0) is 4.79 Å². The van der Waals surface area contributed by atoms with Crippen molar-refractivity contribution in [3.05, 3.63) is 54.6 Å². The van der Waals surface area contributed by atoms with Crippen molar-refractivity contribution in [3.8, 4) is 5.75 Å². The highest BCUT2D eigenvalue weighted by Gasteiger charge is 2.33. The van der Waals surface area contributed by atoms with E-state index in [1.807, 2.05) is 68.4 Å². The Kier molecular flexibility index (Phi) is 4.70. The monoisotopic (exact) mass is 321 g/mol. The highest BCUT2D eigenvalue weighted by Crippen LogP contribution is 2.24. The summed E-state index contributed by atoms with van der Waals surface area (Å²) in [6.45, 7) is 4.41. The maximum Gasteiger partial charge on any atom is 0.261 e. The molecule has 3 rings (SSSR count). The second-order valence-electron chi connectivity index (χ2n) is 5.41. The number of benzene rings is 2. The Balaban J connectivity index is 1.73. The van der Waals surface area contributed by atoms with Crippen LogP contribution in [0.5, 0.6) is 5.75 Å². The summed E-state index contributed by atoms with van der Waals surface area (Å²) in [7, 11) is 0. The highest BCUT2D eigenvalue weighted by molar-refractivity contribution is 6.23. The van der Waals surface area contributed by atoms with Crippen LogP contribution < -0.4 is 9.75 Å². The molecular formula is C19H19N3O2. The Morgan fingerprint density at radius 1 is 1.17 bits per heavy atom. The lowest BCUT2D eigenvalue weighted by atomic mass is 10.1. The lowest BCUT2D eigenvalue weighted by Gasteiger charge is -2.12. The van der Waals surface area contributed by atoms with Crippen molar-refractivity contribution < 1.29 is 9.53 Å². The number of carbonyl (C=O) groups excluding carboxylic acids is 1. The van der Waals surface area contributed by atoms with E-state index in [0.29, 0.717) is 6.61 Å². The van der Waals surface area contributed by atoms with E-state index in [0.717, 1.165) is 22.8 Å². The number of ether oxygens (including phenoxy) is 1. The minimum atomic E-state index is -0.434. The molecule has 122 valence electrons. The Bertz CT molecular complexity index is 767. The molecule has 1 aliphatic rings. The van der Waals surface area contributed by atoms with Gasteiger partial charge in [0.15, 0.2) is 0 Å². The SMILES string of the molecule is CCOc1ccc(N=C[C@H]2C(=O)N(c3ccccc3)N=C2C)cc1. The molecule has 24 heavy (non-hydrogen) atoms. The summed E-state index contributed by atoms with van der Waals surface area (Å²) in [4.78, 5) is 17.0. The number of aliphatic imine (C=N–C) groups is 1. The summed E-state index contributed by atoms with van der Waals surface area (Å²) < 4.78 is 5.40. The molecule has 5 nitrogen and oxygen atoms in total. The predicted octanol–water partition coefficient (Wildman–Crippen LogP) is 3.83. The smallest absolute Gasteiger partial charge is 0.261 e. The fraction of sp³-hybridized carbons (Fsp3) is 0.211. The summed E-state index contributed by atoms with van der Waals surface area (Å²) in [6, 6.07) is 16.9. The van der Waals surface area contributed by atoms with E-state index in [4.69, 9.17) is 4.74 Å². The van der Waals surface area contributed by atoms with Crippen molar-refractivity contribution in [2.45, 2.75) is 13.8 Å². The Morgan fingerprint density at radius 3 is 2.54 bits per heavy atom. The molecule has 0 saturated carbocycles. The molecule has 1 amide bonds. The molecule has 1 heterocycles. The molecule has 0 radical (unpaired) electrons. The quantitative estimate of drug-likeness (QED) is 0.786. The lowest BCUT2D eigenvalue weighted by molar-refractivity contribution is -0.118. The van der Waals surface area contributed by atoms with Crippen molar-refractivity contribution >= 4 is 29.2 Å². The molecular weight excluding hydrogens is 302 g/mol. The molecule has 0 N–H and O–H groups in total. The molecule has 0 fully saturated rings. The first-order valence-corrected chi connectivity index (χ1v) is 7.90. The molecule has 5 heteroatoms. The zero-order valence-electron chi connectivity index (χ0n) is 13.7. The lowest BCUT2D eigenvalue weighted by Crippen LogP contribution is -2.27. The number of hydrogen-bond donors (Lipinski definition) is 0. The Morgan fingerprint density at radius 2 is 1.88 bits per heavy atom. The number of para-hydroxylation sites is 1. The van der Waals surface area contributed by atoms with Crippen molar-refractivity contribution in [3.63, 3.8) is 0 Å². The van der Waals surface area contributed by atoms with Gasteiger partial charge in [-0.1, -0.05) is 18.2 Å². The van der Waals surface area contributed by atoms with Gasteiger partial charge >= 0.3 is 0 Å². The topological polar surface area (TPSA) is 54.3 Å². The van der Waals surface area contributed by atoms with E-state index in [9.17, 15) is 4.79 Å². The third-order valence-electron chi connectivity index (χ3n) is 3.70. The van der Waals surface area contributed by atoms with Gasteiger partial charge < -0.3 is 4.74 Å². The largest absolute Gasteiger partial charge is 0.494 e. The first-order valence-electron chi connectivity index (χ1n) is 7.90. The zero-order chi connectivity index (χ0) is 16.9. The Labute approximate surface area is 141 Å². The number of anilines is 1. The van der Waals surface area contributed by atoms with Crippen LogP contribution in [0.4, 0.5) is 11.4 Å². The van der Waals surface area contributed by atoms with E-state index in [2.05, 4.69) is 10.1 Å². The van der Waals surface area contributed by atoms with Crippen molar-refractivity contribution in [1.29, 1.82) is 0 Å².